The van der Waals surface area contributed by atoms with Crippen LogP contribution in [0.4, 0.5) is 27.6 Å². The zero-order valence-corrected chi connectivity index (χ0v) is 29.5. The number of Topliss-reactive ketones (excluding diaryl/α,β-unsaturated/α-hetero) is 1. The van der Waals surface area contributed by atoms with Gasteiger partial charge in [0.05, 0.1) is 41.4 Å². The van der Waals surface area contributed by atoms with Crippen molar-refractivity contribution in [2.45, 2.75) is 61.1 Å². The number of aryl methyl sites for hydroxylation is 1. The summed E-state index contributed by atoms with van der Waals surface area (Å²) in [5, 5.41) is 5.98. The third-order valence-electron chi connectivity index (χ3n) is 5.68. The number of hydrogen-bond acceptors (Lipinski definition) is 11. The van der Waals surface area contributed by atoms with E-state index in [1.165, 1.54) is 18.3 Å². The molecule has 266 valence electrons. The Morgan fingerprint density at radius 1 is 0.939 bits per heavy atom. The van der Waals surface area contributed by atoms with Crippen molar-refractivity contribution in [3.63, 3.8) is 0 Å². The largest absolute Gasteiger partial charge is 0.465 e. The summed E-state index contributed by atoms with van der Waals surface area (Å²) in [4.78, 5) is 46.8. The molecule has 0 spiro atoms. The summed E-state index contributed by atoms with van der Waals surface area (Å²) in [7, 11) is 0. The lowest BCUT2D eigenvalue weighted by Crippen LogP contribution is -2.24. The van der Waals surface area contributed by atoms with Crippen LogP contribution < -0.4 is 11.0 Å². The van der Waals surface area contributed by atoms with E-state index in [9.17, 15) is 41.1 Å². The fourth-order valence-corrected chi connectivity index (χ4v) is 5.75. The molecule has 3 rings (SSSR count). The SMILES string of the molecule is CCOC(=O)C(C)Sc1cc(-n2ncc(C)cc2=O)c(F)cc1Cl.CCOC(=O)C(C)Sc1cc(N/N=C/C(=O)C(F)(F)F)c(F)cc1Cl. The minimum atomic E-state index is -5.07. The Labute approximate surface area is 295 Å². The van der Waals surface area contributed by atoms with Crippen molar-refractivity contribution >= 4 is 76.3 Å². The van der Waals surface area contributed by atoms with Crippen LogP contribution in [0.15, 0.2) is 56.2 Å². The molecule has 2 aromatic carbocycles. The predicted octanol–water partition coefficient (Wildman–Crippen LogP) is 7.43. The number of hydrazone groups is 1. The van der Waals surface area contributed by atoms with Gasteiger partial charge in [0.2, 0.25) is 0 Å². The van der Waals surface area contributed by atoms with Crippen LogP contribution in [0.2, 0.25) is 10.0 Å². The average Bonchev–Trinajstić information content (AvgIpc) is 3.01. The molecule has 2 unspecified atom stereocenters. The molecule has 2 atom stereocenters. The number of hydrogen-bond donors (Lipinski definition) is 1. The van der Waals surface area contributed by atoms with E-state index >= 15 is 0 Å². The summed E-state index contributed by atoms with van der Waals surface area (Å²) in [5.41, 5.74) is 1.88. The maximum absolute atomic E-state index is 14.2. The van der Waals surface area contributed by atoms with Crippen LogP contribution in [0.25, 0.3) is 5.69 Å². The molecule has 3 aromatic rings. The first-order valence-corrected chi connectivity index (χ1v) is 16.5. The number of ether oxygens (including phenoxy) is 2. The molecule has 1 aromatic heterocycles. The number of carbonyl (C=O) groups is 3. The van der Waals surface area contributed by atoms with Crippen molar-refractivity contribution in [2.75, 3.05) is 18.6 Å². The zero-order chi connectivity index (χ0) is 37.1. The van der Waals surface area contributed by atoms with Crippen LogP contribution in [-0.2, 0) is 23.9 Å². The van der Waals surface area contributed by atoms with Gasteiger partial charge in [-0.1, -0.05) is 23.2 Å². The third kappa shape index (κ3) is 12.6. The number of ketones is 1. The number of esters is 2. The number of benzene rings is 2. The van der Waals surface area contributed by atoms with E-state index in [2.05, 4.69) is 10.2 Å². The Kier molecular flexibility index (Phi) is 16.0. The van der Waals surface area contributed by atoms with Gasteiger partial charge in [0, 0.05) is 15.9 Å². The number of halogens is 7. The molecule has 0 saturated heterocycles. The van der Waals surface area contributed by atoms with E-state index in [4.69, 9.17) is 32.7 Å². The molecule has 0 bridgehead atoms. The van der Waals surface area contributed by atoms with Crippen molar-refractivity contribution in [3.8, 4) is 5.69 Å². The smallest absolute Gasteiger partial charge is 0.455 e. The summed E-state index contributed by atoms with van der Waals surface area (Å²) >= 11 is 14.1. The summed E-state index contributed by atoms with van der Waals surface area (Å²) in [6.45, 7) is 8.76. The number of aromatic nitrogens is 2. The first-order valence-electron chi connectivity index (χ1n) is 14.0. The first-order chi connectivity index (χ1) is 22.9. The summed E-state index contributed by atoms with van der Waals surface area (Å²) < 4.78 is 74.9. The van der Waals surface area contributed by atoms with Crippen LogP contribution in [0.1, 0.15) is 33.3 Å². The summed E-state index contributed by atoms with van der Waals surface area (Å²) in [6, 6.07) is 5.93. The van der Waals surface area contributed by atoms with Gasteiger partial charge in [0.25, 0.3) is 11.3 Å². The van der Waals surface area contributed by atoms with Crippen molar-refractivity contribution in [1.82, 2.24) is 9.78 Å². The van der Waals surface area contributed by atoms with Gasteiger partial charge < -0.3 is 9.47 Å². The normalized spacial score (nSPS) is 12.5. The minimum absolute atomic E-state index is 0.000420. The second-order valence-electron chi connectivity index (χ2n) is 9.54. The Bertz CT molecular complexity index is 1760. The molecule has 1 heterocycles. The molecule has 0 saturated carbocycles. The standard InChI is InChI=1S/C16H16ClFN2O3S.C14H13ClF4N2O3S/c1-4-23-16(22)10(3)24-14-7-13(12(18)6-11(14)17)20-15(21)5-9(2)8-19-20;1-3-24-13(23)7(2)25-11-5-10(9(16)4-8(11)15)21-20-6-12(22)14(17,18)19/h5-8,10H,4H2,1-3H3;4-7,21H,3H2,1-2H3/b;20-6+. The van der Waals surface area contributed by atoms with Crippen LogP contribution in [0, 0.1) is 18.6 Å². The highest BCUT2D eigenvalue weighted by atomic mass is 35.5. The van der Waals surface area contributed by atoms with Crippen LogP contribution in [0.5, 0.6) is 0 Å². The Morgan fingerprint density at radius 3 is 1.94 bits per heavy atom. The number of thioether (sulfide) groups is 2. The van der Waals surface area contributed by atoms with E-state index in [1.54, 1.807) is 34.6 Å². The maximum Gasteiger partial charge on any atom is 0.455 e. The molecular weight excluding hydrogens is 742 g/mol. The highest BCUT2D eigenvalue weighted by Gasteiger charge is 2.37. The van der Waals surface area contributed by atoms with E-state index in [-0.39, 0.29) is 45.7 Å². The van der Waals surface area contributed by atoms with Gasteiger partial charge in [-0.15, -0.1) is 23.5 Å². The van der Waals surface area contributed by atoms with Gasteiger partial charge in [0.15, 0.2) is 5.82 Å². The number of nitrogens with zero attached hydrogens (tertiary/aromatic N) is 3. The Hall–Kier alpha value is -3.67. The molecular formula is C30H29Cl2F5N4O6S2. The first kappa shape index (κ1) is 41.5. The van der Waals surface area contributed by atoms with Crippen LogP contribution in [-0.4, -0.2) is 63.6 Å². The van der Waals surface area contributed by atoms with E-state index in [0.717, 1.165) is 46.4 Å². The second kappa shape index (κ2) is 18.9. The Morgan fingerprint density at radius 2 is 1.45 bits per heavy atom. The van der Waals surface area contributed by atoms with Gasteiger partial charge in [-0.05, 0) is 64.4 Å². The van der Waals surface area contributed by atoms with Gasteiger partial charge >= 0.3 is 18.1 Å². The maximum atomic E-state index is 14.2. The molecule has 0 aliphatic carbocycles. The van der Waals surface area contributed by atoms with E-state index in [1.807, 2.05) is 5.43 Å². The van der Waals surface area contributed by atoms with Crippen LogP contribution >= 0.6 is 46.7 Å². The number of carbonyl (C=O) groups excluding carboxylic acids is 3. The van der Waals surface area contributed by atoms with Crippen molar-refractivity contribution < 1.29 is 45.8 Å². The summed E-state index contributed by atoms with van der Waals surface area (Å²) in [5.74, 6) is -4.66. The van der Waals surface area contributed by atoms with Gasteiger partial charge in [-0.2, -0.15) is 28.1 Å². The third-order valence-corrected chi connectivity index (χ3v) is 8.80. The molecule has 0 aliphatic rings. The number of anilines is 1. The second-order valence-corrected chi connectivity index (χ2v) is 13.1. The van der Waals surface area contributed by atoms with Crippen LogP contribution in [0.3, 0.4) is 0 Å². The molecule has 49 heavy (non-hydrogen) atoms. The number of alkyl halides is 3. The van der Waals surface area contributed by atoms with Gasteiger partial charge in [0.1, 0.15) is 22.0 Å². The molecule has 1 N–H and O–H groups in total. The lowest BCUT2D eigenvalue weighted by Gasteiger charge is -2.13. The van der Waals surface area contributed by atoms with E-state index < -0.39 is 51.6 Å². The minimum Gasteiger partial charge on any atom is -0.465 e. The average molecular weight is 772 g/mol. The number of nitrogens with one attached hydrogen (secondary N) is 1. The number of rotatable bonds is 12. The fraction of sp³-hybridized carbons (Fsp3) is 0.333. The lowest BCUT2D eigenvalue weighted by atomic mass is 10.3. The fourth-order valence-electron chi connectivity index (χ4n) is 3.39. The lowest BCUT2D eigenvalue weighted by molar-refractivity contribution is -0.162. The Balaban J connectivity index is 0.000000340. The van der Waals surface area contributed by atoms with Crippen molar-refractivity contribution in [3.05, 3.63) is 74.1 Å². The molecule has 0 radical (unpaired) electrons. The molecule has 0 amide bonds. The van der Waals surface area contributed by atoms with Gasteiger partial charge in [-0.3, -0.25) is 24.6 Å². The zero-order valence-electron chi connectivity index (χ0n) is 26.4. The van der Waals surface area contributed by atoms with Gasteiger partial charge in [-0.25, -0.2) is 8.78 Å². The molecule has 0 fully saturated rings. The highest BCUT2D eigenvalue weighted by molar-refractivity contribution is 8.01. The predicted molar refractivity (Wildman–Crippen MR) is 178 cm³/mol. The molecule has 0 aliphatic heterocycles. The van der Waals surface area contributed by atoms with Crippen molar-refractivity contribution in [1.29, 1.82) is 0 Å². The quantitative estimate of drug-likeness (QED) is 0.0653. The van der Waals surface area contributed by atoms with E-state index in [0.29, 0.717) is 10.5 Å². The summed E-state index contributed by atoms with van der Waals surface area (Å²) in [6.07, 6.45) is -3.62. The highest BCUT2D eigenvalue weighted by Crippen LogP contribution is 2.35. The molecule has 10 nitrogen and oxygen atoms in total. The topological polar surface area (TPSA) is 129 Å². The van der Waals surface area contributed by atoms with Crippen molar-refractivity contribution in [2.24, 2.45) is 5.10 Å². The molecule has 19 heteroatoms. The monoisotopic (exact) mass is 770 g/mol.